The van der Waals surface area contributed by atoms with Gasteiger partial charge in [-0.05, 0) is 18.4 Å². The Bertz CT molecular complexity index is 406. The summed E-state index contributed by atoms with van der Waals surface area (Å²) in [5.41, 5.74) is 2.79. The van der Waals surface area contributed by atoms with Gasteiger partial charge < -0.3 is 4.90 Å². The topological polar surface area (TPSA) is 7.12 Å². The van der Waals surface area contributed by atoms with Crippen molar-refractivity contribution in [1.29, 1.82) is 0 Å². The van der Waals surface area contributed by atoms with E-state index in [0.29, 0.717) is 0 Å². The summed E-state index contributed by atoms with van der Waals surface area (Å²) in [4.78, 5) is 2.37. The highest BCUT2D eigenvalue weighted by Crippen LogP contribution is 2.15. The number of hydrogen-bond acceptors (Lipinski definition) is 1. The summed E-state index contributed by atoms with van der Waals surface area (Å²) in [6, 6.07) is 6.21. The van der Waals surface area contributed by atoms with E-state index < -0.39 is 0 Å². The van der Waals surface area contributed by atoms with Crippen molar-refractivity contribution in [3.8, 4) is 0 Å². The molecule has 0 unspecified atom stereocenters. The lowest BCUT2D eigenvalue weighted by Gasteiger charge is -2.28. The third kappa shape index (κ3) is 3.19. The van der Waals surface area contributed by atoms with Gasteiger partial charge in [-0.2, -0.15) is 0 Å². The maximum absolute atomic E-state index is 4.10. The van der Waals surface area contributed by atoms with Crippen molar-refractivity contribution in [2.24, 2.45) is 0 Å². The van der Waals surface area contributed by atoms with Crippen LogP contribution in [0.2, 0.25) is 0 Å². The van der Waals surface area contributed by atoms with Crippen LogP contribution in [0.25, 0.3) is 0 Å². The molecule has 1 aliphatic heterocycles. The summed E-state index contributed by atoms with van der Waals surface area (Å²) < 4.78 is 2.23. The van der Waals surface area contributed by atoms with E-state index in [1.807, 2.05) is 0 Å². The molecule has 2 rings (SSSR count). The summed E-state index contributed by atoms with van der Waals surface area (Å²) in [6.45, 7) is 9.43. The second kappa shape index (κ2) is 5.67. The number of hydrogen-bond donors (Lipinski definition) is 0. The lowest BCUT2D eigenvalue weighted by atomic mass is 10.1. The van der Waals surface area contributed by atoms with Crippen LogP contribution in [0.1, 0.15) is 19.8 Å². The van der Waals surface area contributed by atoms with E-state index in [0.717, 1.165) is 32.5 Å². The zero-order valence-electron chi connectivity index (χ0n) is 10.6. The van der Waals surface area contributed by atoms with Gasteiger partial charge in [0.25, 0.3) is 0 Å². The van der Waals surface area contributed by atoms with Crippen LogP contribution in [0, 0.1) is 0 Å². The molecule has 2 heterocycles. The predicted molar refractivity (Wildman–Crippen MR) is 70.3 cm³/mol. The summed E-state index contributed by atoms with van der Waals surface area (Å²) in [5, 5.41) is 0. The molecule has 0 N–H and O–H groups in total. The highest BCUT2D eigenvalue weighted by Gasteiger charge is 2.14. The average molecular weight is 229 g/mol. The SMILES string of the molecule is C=C(CC)N1CC=C(C[n+]2ccccc2)CC1. The van der Waals surface area contributed by atoms with Crippen molar-refractivity contribution in [2.75, 3.05) is 13.1 Å². The van der Waals surface area contributed by atoms with Gasteiger partial charge in [0.1, 0.15) is 0 Å². The van der Waals surface area contributed by atoms with Crippen molar-refractivity contribution in [2.45, 2.75) is 26.3 Å². The van der Waals surface area contributed by atoms with E-state index in [1.54, 1.807) is 0 Å². The molecule has 0 spiro atoms. The Kier molecular flexibility index (Phi) is 3.97. The molecule has 0 atom stereocenters. The molecule has 0 fully saturated rings. The van der Waals surface area contributed by atoms with Gasteiger partial charge in [0.2, 0.25) is 0 Å². The van der Waals surface area contributed by atoms with Crippen LogP contribution < -0.4 is 4.57 Å². The second-order valence-electron chi connectivity index (χ2n) is 4.53. The van der Waals surface area contributed by atoms with Gasteiger partial charge in [0.05, 0.1) is 0 Å². The van der Waals surface area contributed by atoms with Crippen molar-refractivity contribution in [1.82, 2.24) is 4.90 Å². The van der Waals surface area contributed by atoms with E-state index >= 15 is 0 Å². The molecule has 0 radical (unpaired) electrons. The lowest BCUT2D eigenvalue weighted by molar-refractivity contribution is -0.689. The molecular weight excluding hydrogens is 208 g/mol. The molecule has 90 valence electrons. The standard InChI is InChI=1S/C15H21N2/c1-3-14(2)17-11-7-15(8-12-17)13-16-9-5-4-6-10-16/h4-7,9-10H,2-3,8,11-13H2,1H3/q+1. The zero-order chi connectivity index (χ0) is 12.1. The zero-order valence-corrected chi connectivity index (χ0v) is 10.6. The first-order valence-electron chi connectivity index (χ1n) is 6.34. The van der Waals surface area contributed by atoms with Crippen LogP contribution in [-0.2, 0) is 6.54 Å². The highest BCUT2D eigenvalue weighted by molar-refractivity contribution is 5.09. The predicted octanol–water partition coefficient (Wildman–Crippen LogP) is 2.53. The molecule has 17 heavy (non-hydrogen) atoms. The molecule has 0 saturated carbocycles. The lowest BCUT2D eigenvalue weighted by Crippen LogP contribution is -2.36. The first-order valence-corrected chi connectivity index (χ1v) is 6.34. The van der Waals surface area contributed by atoms with Crippen LogP contribution in [-0.4, -0.2) is 18.0 Å². The van der Waals surface area contributed by atoms with Gasteiger partial charge in [0.15, 0.2) is 18.9 Å². The van der Waals surface area contributed by atoms with Gasteiger partial charge in [-0.3, -0.25) is 0 Å². The fourth-order valence-corrected chi connectivity index (χ4v) is 2.14. The molecule has 0 aliphatic carbocycles. The van der Waals surface area contributed by atoms with Crippen molar-refractivity contribution in [3.05, 3.63) is 54.5 Å². The Hall–Kier alpha value is -1.57. The van der Waals surface area contributed by atoms with Gasteiger partial charge in [0, 0.05) is 30.9 Å². The quantitative estimate of drug-likeness (QED) is 0.568. The molecule has 0 aromatic carbocycles. The summed E-state index contributed by atoms with van der Waals surface area (Å²) in [5.74, 6) is 0. The fourth-order valence-electron chi connectivity index (χ4n) is 2.14. The van der Waals surface area contributed by atoms with E-state index in [2.05, 4.69) is 59.6 Å². The summed E-state index contributed by atoms with van der Waals surface area (Å²) >= 11 is 0. The highest BCUT2D eigenvalue weighted by atomic mass is 15.1. The van der Waals surface area contributed by atoms with Crippen LogP contribution in [0.5, 0.6) is 0 Å². The molecule has 2 nitrogen and oxygen atoms in total. The van der Waals surface area contributed by atoms with Crippen molar-refractivity contribution >= 4 is 0 Å². The summed E-state index contributed by atoms with van der Waals surface area (Å²) in [7, 11) is 0. The van der Waals surface area contributed by atoms with Crippen molar-refractivity contribution < 1.29 is 4.57 Å². The fraction of sp³-hybridized carbons (Fsp3) is 0.400. The van der Waals surface area contributed by atoms with Crippen molar-refractivity contribution in [3.63, 3.8) is 0 Å². The Labute approximate surface area is 104 Å². The van der Waals surface area contributed by atoms with Gasteiger partial charge in [-0.15, -0.1) is 0 Å². The Morgan fingerprint density at radius 2 is 2.12 bits per heavy atom. The Balaban J connectivity index is 1.93. The molecule has 1 aromatic rings. The van der Waals surface area contributed by atoms with E-state index in [4.69, 9.17) is 0 Å². The van der Waals surface area contributed by atoms with Gasteiger partial charge >= 0.3 is 0 Å². The molecule has 0 bridgehead atoms. The minimum absolute atomic E-state index is 1.02. The molecular formula is C15H21N2+. The maximum atomic E-state index is 4.10. The molecule has 2 heteroatoms. The first-order chi connectivity index (χ1) is 8.29. The van der Waals surface area contributed by atoms with Crippen LogP contribution in [0.3, 0.4) is 0 Å². The average Bonchev–Trinajstić information content (AvgIpc) is 2.40. The smallest absolute Gasteiger partial charge is 0.169 e. The maximum Gasteiger partial charge on any atom is 0.169 e. The molecule has 1 aliphatic rings. The number of pyridine rings is 1. The largest absolute Gasteiger partial charge is 0.371 e. The van der Waals surface area contributed by atoms with Crippen LogP contribution in [0.15, 0.2) is 54.5 Å². The number of rotatable bonds is 4. The second-order valence-corrected chi connectivity index (χ2v) is 4.53. The minimum atomic E-state index is 1.02. The van der Waals surface area contributed by atoms with Gasteiger partial charge in [-0.25, -0.2) is 4.57 Å². The van der Waals surface area contributed by atoms with E-state index in [1.165, 1.54) is 11.3 Å². The normalized spacial score (nSPS) is 15.6. The Morgan fingerprint density at radius 1 is 1.35 bits per heavy atom. The molecule has 0 saturated heterocycles. The molecule has 0 amide bonds. The monoisotopic (exact) mass is 229 g/mol. The molecule has 1 aromatic heterocycles. The number of nitrogens with zero attached hydrogens (tertiary/aromatic N) is 2. The Morgan fingerprint density at radius 3 is 2.71 bits per heavy atom. The number of aromatic nitrogens is 1. The summed E-state index contributed by atoms with van der Waals surface area (Å²) in [6.07, 6.45) is 8.80. The van der Waals surface area contributed by atoms with E-state index in [9.17, 15) is 0 Å². The minimum Gasteiger partial charge on any atom is -0.371 e. The number of allylic oxidation sites excluding steroid dienone is 1. The third-order valence-electron chi connectivity index (χ3n) is 3.32. The van der Waals surface area contributed by atoms with Gasteiger partial charge in [-0.1, -0.05) is 25.6 Å². The first kappa shape index (κ1) is 11.9. The van der Waals surface area contributed by atoms with Crippen LogP contribution in [0.4, 0.5) is 0 Å². The van der Waals surface area contributed by atoms with Crippen LogP contribution >= 0.6 is 0 Å². The van der Waals surface area contributed by atoms with E-state index in [-0.39, 0.29) is 0 Å². The third-order valence-corrected chi connectivity index (χ3v) is 3.32.